The largest absolute Gasteiger partial charge is 0.348 e. The van der Waals surface area contributed by atoms with Gasteiger partial charge in [-0.3, -0.25) is 9.59 Å². The number of carbonyl (C=O) groups excluding carboxylic acids is 2. The van der Waals surface area contributed by atoms with Crippen molar-refractivity contribution in [3.63, 3.8) is 0 Å². The maximum Gasteiger partial charge on any atom is 0.255 e. The summed E-state index contributed by atoms with van der Waals surface area (Å²) in [4.78, 5) is 30.0. The summed E-state index contributed by atoms with van der Waals surface area (Å²) in [7, 11) is 2.10. The highest BCUT2D eigenvalue weighted by Gasteiger charge is 2.26. The monoisotopic (exact) mass is 445 g/mol. The number of amides is 2. The molecule has 5 rings (SSSR count). The minimum atomic E-state index is -0.0503. The predicted molar refractivity (Wildman–Crippen MR) is 127 cm³/mol. The van der Waals surface area contributed by atoms with Gasteiger partial charge < -0.3 is 15.1 Å². The van der Waals surface area contributed by atoms with E-state index in [0.29, 0.717) is 11.5 Å². The maximum absolute atomic E-state index is 13.0. The van der Waals surface area contributed by atoms with Crippen LogP contribution in [0.3, 0.4) is 0 Å². The smallest absolute Gasteiger partial charge is 0.255 e. The number of piperidine rings is 2. The Kier molecular flexibility index (Phi) is 6.13. The minimum absolute atomic E-state index is 0.0503. The van der Waals surface area contributed by atoms with Gasteiger partial charge in [0.25, 0.3) is 11.8 Å². The Morgan fingerprint density at radius 3 is 2.58 bits per heavy atom. The first-order chi connectivity index (χ1) is 16.1. The molecule has 2 aromatic heterocycles. The first-order valence-electron chi connectivity index (χ1n) is 11.9. The number of rotatable bonds is 4. The van der Waals surface area contributed by atoms with Crippen LogP contribution in [0.1, 0.15) is 57.9 Å². The van der Waals surface area contributed by atoms with Gasteiger partial charge in [-0.2, -0.15) is 5.10 Å². The van der Waals surface area contributed by atoms with Crippen molar-refractivity contribution in [1.29, 1.82) is 0 Å². The van der Waals surface area contributed by atoms with Crippen molar-refractivity contribution in [2.45, 2.75) is 37.6 Å². The summed E-state index contributed by atoms with van der Waals surface area (Å²) in [6.07, 6.45) is 7.56. The third kappa shape index (κ3) is 4.64. The summed E-state index contributed by atoms with van der Waals surface area (Å²) in [5.74, 6) is 0.422. The average Bonchev–Trinajstić information content (AvgIpc) is 3.28. The van der Waals surface area contributed by atoms with E-state index < -0.39 is 0 Å². The van der Waals surface area contributed by atoms with E-state index in [2.05, 4.69) is 34.5 Å². The molecule has 1 N–H and O–H groups in total. The van der Waals surface area contributed by atoms with Gasteiger partial charge in [0.15, 0.2) is 0 Å². The molecule has 7 nitrogen and oxygen atoms in total. The van der Waals surface area contributed by atoms with E-state index in [1.807, 2.05) is 41.4 Å². The molecule has 0 unspecified atom stereocenters. The van der Waals surface area contributed by atoms with E-state index in [-0.39, 0.29) is 17.9 Å². The van der Waals surface area contributed by atoms with Crippen LogP contribution in [0, 0.1) is 0 Å². The number of benzene rings is 1. The van der Waals surface area contributed by atoms with E-state index in [0.717, 1.165) is 62.9 Å². The zero-order valence-corrected chi connectivity index (χ0v) is 19.1. The zero-order valence-electron chi connectivity index (χ0n) is 19.1. The lowest BCUT2D eigenvalue weighted by molar-refractivity contribution is 0.0712. The SMILES string of the molecule is CN1CCC[C@H](NC(=O)c2cnn3ccc(C4CCN(C(=O)c5ccccc5)CC4)cc23)C1. The van der Waals surface area contributed by atoms with Gasteiger partial charge in [-0.15, -0.1) is 0 Å². The molecule has 2 saturated heterocycles. The fraction of sp³-hybridized carbons (Fsp3) is 0.423. The van der Waals surface area contributed by atoms with Gasteiger partial charge in [-0.1, -0.05) is 18.2 Å². The Balaban J connectivity index is 1.27. The Hall–Kier alpha value is -3.19. The van der Waals surface area contributed by atoms with Crippen LogP contribution in [0.5, 0.6) is 0 Å². The maximum atomic E-state index is 13.0. The molecule has 0 aliphatic carbocycles. The molecule has 3 aromatic rings. The molecule has 2 aliphatic rings. The first-order valence-corrected chi connectivity index (χ1v) is 11.9. The average molecular weight is 446 g/mol. The molecule has 7 heteroatoms. The Labute approximate surface area is 194 Å². The van der Waals surface area contributed by atoms with Crippen molar-refractivity contribution in [1.82, 2.24) is 24.7 Å². The molecule has 2 fully saturated rings. The van der Waals surface area contributed by atoms with E-state index in [1.54, 1.807) is 10.7 Å². The fourth-order valence-corrected chi connectivity index (χ4v) is 5.15. The van der Waals surface area contributed by atoms with Crippen molar-refractivity contribution >= 4 is 17.3 Å². The standard InChI is InChI=1S/C26H31N5O2/c1-29-12-5-8-22(18-29)28-25(32)23-17-27-31-15-11-21(16-24(23)31)19-9-13-30(14-10-19)26(33)20-6-3-2-4-7-20/h2-4,6-7,11,15-17,19,22H,5,8-10,12-14,18H2,1H3,(H,28,32)/t22-/m0/s1. The van der Waals surface area contributed by atoms with Gasteiger partial charge in [0, 0.05) is 37.4 Å². The van der Waals surface area contributed by atoms with Crippen molar-refractivity contribution in [3.05, 3.63) is 71.5 Å². The number of aromatic nitrogens is 2. The third-order valence-electron chi connectivity index (χ3n) is 7.02. The second-order valence-corrected chi connectivity index (χ2v) is 9.36. The summed E-state index contributed by atoms with van der Waals surface area (Å²) in [5.41, 5.74) is 3.43. The van der Waals surface area contributed by atoms with Crippen molar-refractivity contribution in [2.75, 3.05) is 33.2 Å². The second-order valence-electron chi connectivity index (χ2n) is 9.36. The molecule has 172 valence electrons. The van der Waals surface area contributed by atoms with Gasteiger partial charge in [0.2, 0.25) is 0 Å². The Bertz CT molecular complexity index is 1130. The quantitative estimate of drug-likeness (QED) is 0.670. The van der Waals surface area contributed by atoms with Gasteiger partial charge >= 0.3 is 0 Å². The fourth-order valence-electron chi connectivity index (χ4n) is 5.15. The lowest BCUT2D eigenvalue weighted by atomic mass is 9.89. The van der Waals surface area contributed by atoms with Crippen LogP contribution in [0.4, 0.5) is 0 Å². The summed E-state index contributed by atoms with van der Waals surface area (Å²) in [6.45, 7) is 3.45. The van der Waals surface area contributed by atoms with Gasteiger partial charge in [-0.05, 0) is 75.0 Å². The topological polar surface area (TPSA) is 70.0 Å². The van der Waals surface area contributed by atoms with Crippen LogP contribution >= 0.6 is 0 Å². The highest BCUT2D eigenvalue weighted by atomic mass is 16.2. The highest BCUT2D eigenvalue weighted by Crippen LogP contribution is 2.30. The van der Waals surface area contributed by atoms with Crippen LogP contribution in [0.15, 0.2) is 54.9 Å². The zero-order chi connectivity index (χ0) is 22.8. The van der Waals surface area contributed by atoms with Crippen molar-refractivity contribution < 1.29 is 9.59 Å². The van der Waals surface area contributed by atoms with Crippen LogP contribution in [-0.4, -0.2) is 70.5 Å². The van der Waals surface area contributed by atoms with Gasteiger partial charge in [0.1, 0.15) is 0 Å². The number of hydrogen-bond donors (Lipinski definition) is 1. The molecule has 0 saturated carbocycles. The van der Waals surface area contributed by atoms with E-state index in [1.165, 1.54) is 5.56 Å². The van der Waals surface area contributed by atoms with Crippen LogP contribution < -0.4 is 5.32 Å². The minimum Gasteiger partial charge on any atom is -0.348 e. The van der Waals surface area contributed by atoms with Gasteiger partial charge in [-0.25, -0.2) is 4.52 Å². The molecule has 0 bridgehead atoms. The molecular weight excluding hydrogens is 414 g/mol. The Morgan fingerprint density at radius 2 is 1.82 bits per heavy atom. The van der Waals surface area contributed by atoms with Crippen LogP contribution in [-0.2, 0) is 0 Å². The molecule has 4 heterocycles. The van der Waals surface area contributed by atoms with E-state index in [4.69, 9.17) is 0 Å². The Morgan fingerprint density at radius 1 is 1.03 bits per heavy atom. The van der Waals surface area contributed by atoms with Crippen molar-refractivity contribution in [2.24, 2.45) is 0 Å². The third-order valence-corrected chi connectivity index (χ3v) is 7.02. The summed E-state index contributed by atoms with van der Waals surface area (Å²) in [6, 6.07) is 13.9. The molecule has 2 amide bonds. The number of likely N-dealkylation sites (tertiary alicyclic amines) is 2. The molecule has 1 aromatic carbocycles. The van der Waals surface area contributed by atoms with Crippen LogP contribution in [0.25, 0.3) is 5.52 Å². The summed E-state index contributed by atoms with van der Waals surface area (Å²) in [5, 5.41) is 7.59. The lowest BCUT2D eigenvalue weighted by Gasteiger charge is -2.32. The number of nitrogens with zero attached hydrogens (tertiary/aromatic N) is 4. The normalized spacial score (nSPS) is 20.2. The van der Waals surface area contributed by atoms with Crippen molar-refractivity contribution in [3.8, 4) is 0 Å². The molecule has 0 radical (unpaired) electrons. The lowest BCUT2D eigenvalue weighted by Crippen LogP contribution is -2.46. The van der Waals surface area contributed by atoms with Crippen LogP contribution in [0.2, 0.25) is 0 Å². The number of likely N-dealkylation sites (N-methyl/N-ethyl adjacent to an activating group) is 1. The number of carbonyl (C=O) groups is 2. The number of fused-ring (bicyclic) bond motifs is 1. The number of hydrogen-bond acceptors (Lipinski definition) is 4. The number of pyridine rings is 1. The molecule has 33 heavy (non-hydrogen) atoms. The van der Waals surface area contributed by atoms with Gasteiger partial charge in [0.05, 0.1) is 17.3 Å². The molecule has 1 atom stereocenters. The predicted octanol–water partition coefficient (Wildman–Crippen LogP) is 3.18. The highest BCUT2D eigenvalue weighted by molar-refractivity contribution is 6.00. The molecule has 2 aliphatic heterocycles. The molecular formula is C26H31N5O2. The van der Waals surface area contributed by atoms with E-state index >= 15 is 0 Å². The molecule has 0 spiro atoms. The first kappa shape index (κ1) is 21.6. The second kappa shape index (κ2) is 9.35. The number of nitrogens with one attached hydrogen (secondary N) is 1. The van der Waals surface area contributed by atoms with E-state index in [9.17, 15) is 9.59 Å². The summed E-state index contributed by atoms with van der Waals surface area (Å²) < 4.78 is 1.78. The summed E-state index contributed by atoms with van der Waals surface area (Å²) >= 11 is 0.